The number of rotatable bonds is 7. The molecule has 2 N–H and O–H groups in total. The summed E-state index contributed by atoms with van der Waals surface area (Å²) in [7, 11) is 0. The molecule has 0 heterocycles. The van der Waals surface area contributed by atoms with Gasteiger partial charge in [-0.1, -0.05) is 49.4 Å². The zero-order valence-electron chi connectivity index (χ0n) is 17.7. The molecular formula is C25H28N2O2S. The zero-order valence-corrected chi connectivity index (χ0v) is 18.5. The molecule has 3 rings (SSSR count). The molecule has 2 unspecified atom stereocenters. The Kier molecular flexibility index (Phi) is 6.83. The topological polar surface area (TPSA) is 63.4 Å². The standard InChI is InChI=1S/C25H28N2O2S/c1-4-18-10-6-7-12-22(18)27(5-2)24(29)19-13-15-20(16-14-19)30-25(3)17-9-8-11-21(25)23(26)28/h6-17,21H,4-5H2,1-3H3,(H2,26,28). The molecule has 2 aromatic rings. The van der Waals surface area contributed by atoms with Gasteiger partial charge in [0.05, 0.1) is 10.7 Å². The van der Waals surface area contributed by atoms with E-state index in [4.69, 9.17) is 5.73 Å². The molecule has 0 saturated heterocycles. The Morgan fingerprint density at radius 1 is 1.07 bits per heavy atom. The van der Waals surface area contributed by atoms with Crippen molar-refractivity contribution in [2.24, 2.45) is 11.7 Å². The van der Waals surface area contributed by atoms with Gasteiger partial charge in [-0.3, -0.25) is 9.59 Å². The van der Waals surface area contributed by atoms with Crippen LogP contribution in [0.5, 0.6) is 0 Å². The number of carbonyl (C=O) groups is 2. The molecule has 0 aliphatic heterocycles. The molecule has 0 bridgehead atoms. The maximum atomic E-state index is 13.2. The van der Waals surface area contributed by atoms with Gasteiger partial charge in [0.25, 0.3) is 5.91 Å². The Morgan fingerprint density at radius 2 is 1.77 bits per heavy atom. The van der Waals surface area contributed by atoms with E-state index in [1.165, 1.54) is 0 Å². The number of primary amides is 1. The van der Waals surface area contributed by atoms with Crippen LogP contribution in [0.1, 0.15) is 36.7 Å². The summed E-state index contributed by atoms with van der Waals surface area (Å²) in [6, 6.07) is 15.6. The van der Waals surface area contributed by atoms with Crippen LogP contribution in [0.25, 0.3) is 0 Å². The molecule has 2 aromatic carbocycles. The summed E-state index contributed by atoms with van der Waals surface area (Å²) in [5, 5.41) is 0. The van der Waals surface area contributed by atoms with Gasteiger partial charge in [0.2, 0.25) is 5.91 Å². The molecule has 0 aromatic heterocycles. The third kappa shape index (κ3) is 4.51. The monoisotopic (exact) mass is 420 g/mol. The summed E-state index contributed by atoms with van der Waals surface area (Å²) in [6.45, 7) is 6.69. The second-order valence-electron chi connectivity index (χ2n) is 7.47. The molecule has 4 nitrogen and oxygen atoms in total. The fourth-order valence-electron chi connectivity index (χ4n) is 3.76. The number of para-hydroxylation sites is 1. The fourth-order valence-corrected chi connectivity index (χ4v) is 5.01. The SMILES string of the molecule is CCc1ccccc1N(CC)C(=O)c1ccc(SC2(C)C=CC=CC2C(N)=O)cc1. The van der Waals surface area contributed by atoms with Crippen LogP contribution in [0.3, 0.4) is 0 Å². The van der Waals surface area contributed by atoms with E-state index in [0.717, 1.165) is 22.6 Å². The molecule has 0 saturated carbocycles. The summed E-state index contributed by atoms with van der Waals surface area (Å²) in [6.07, 6.45) is 8.52. The Bertz CT molecular complexity index is 981. The van der Waals surface area contributed by atoms with Crippen molar-refractivity contribution in [1.29, 1.82) is 0 Å². The van der Waals surface area contributed by atoms with Gasteiger partial charge in [-0.05, 0) is 56.2 Å². The molecule has 2 amide bonds. The highest BCUT2D eigenvalue weighted by Gasteiger charge is 2.36. The van der Waals surface area contributed by atoms with Crippen LogP contribution in [0.4, 0.5) is 5.69 Å². The molecule has 156 valence electrons. The Morgan fingerprint density at radius 3 is 2.40 bits per heavy atom. The van der Waals surface area contributed by atoms with E-state index in [2.05, 4.69) is 13.0 Å². The number of hydrogen-bond acceptors (Lipinski definition) is 3. The molecule has 30 heavy (non-hydrogen) atoms. The van der Waals surface area contributed by atoms with Crippen molar-refractivity contribution in [2.45, 2.75) is 36.8 Å². The number of allylic oxidation sites excluding steroid dienone is 2. The highest BCUT2D eigenvalue weighted by molar-refractivity contribution is 8.00. The van der Waals surface area contributed by atoms with E-state index in [9.17, 15) is 9.59 Å². The van der Waals surface area contributed by atoms with Gasteiger partial charge in [0.15, 0.2) is 0 Å². The van der Waals surface area contributed by atoms with E-state index < -0.39 is 4.75 Å². The Hall–Kier alpha value is -2.79. The number of benzene rings is 2. The number of aryl methyl sites for hydroxylation is 1. The van der Waals surface area contributed by atoms with Gasteiger partial charge >= 0.3 is 0 Å². The lowest BCUT2D eigenvalue weighted by Gasteiger charge is -2.32. The van der Waals surface area contributed by atoms with Crippen molar-refractivity contribution < 1.29 is 9.59 Å². The van der Waals surface area contributed by atoms with Crippen LogP contribution >= 0.6 is 11.8 Å². The normalized spacial score (nSPS) is 20.2. The first-order chi connectivity index (χ1) is 14.4. The average molecular weight is 421 g/mol. The van der Waals surface area contributed by atoms with Crippen LogP contribution in [0.2, 0.25) is 0 Å². The molecule has 5 heteroatoms. The smallest absolute Gasteiger partial charge is 0.258 e. The first-order valence-corrected chi connectivity index (χ1v) is 11.1. The molecule has 0 spiro atoms. The maximum Gasteiger partial charge on any atom is 0.258 e. The van der Waals surface area contributed by atoms with Crippen molar-refractivity contribution in [3.05, 3.63) is 84.0 Å². The van der Waals surface area contributed by atoms with Gasteiger partial charge in [-0.15, -0.1) is 11.8 Å². The first-order valence-electron chi connectivity index (χ1n) is 10.2. The summed E-state index contributed by atoms with van der Waals surface area (Å²) >= 11 is 1.58. The number of thioether (sulfide) groups is 1. The maximum absolute atomic E-state index is 13.2. The van der Waals surface area contributed by atoms with E-state index in [1.807, 2.05) is 85.5 Å². The van der Waals surface area contributed by atoms with Crippen molar-refractivity contribution in [3.8, 4) is 0 Å². The third-order valence-electron chi connectivity index (χ3n) is 5.43. The largest absolute Gasteiger partial charge is 0.369 e. The summed E-state index contributed by atoms with van der Waals surface area (Å²) < 4.78 is -0.457. The van der Waals surface area contributed by atoms with Gasteiger partial charge in [-0.2, -0.15) is 0 Å². The minimum Gasteiger partial charge on any atom is -0.369 e. The molecule has 0 radical (unpaired) electrons. The number of carbonyl (C=O) groups excluding carboxylic acids is 2. The van der Waals surface area contributed by atoms with Gasteiger partial charge in [-0.25, -0.2) is 0 Å². The quantitative estimate of drug-likeness (QED) is 0.686. The van der Waals surface area contributed by atoms with Crippen molar-refractivity contribution in [1.82, 2.24) is 0 Å². The van der Waals surface area contributed by atoms with Crippen molar-refractivity contribution >= 4 is 29.3 Å². The molecule has 0 fully saturated rings. The van der Waals surface area contributed by atoms with Crippen LogP contribution in [0.15, 0.2) is 77.7 Å². The fraction of sp³-hybridized carbons (Fsp3) is 0.280. The highest BCUT2D eigenvalue weighted by atomic mass is 32.2. The third-order valence-corrected chi connectivity index (χ3v) is 6.77. The first kappa shape index (κ1) is 21.9. The van der Waals surface area contributed by atoms with E-state index >= 15 is 0 Å². The van der Waals surface area contributed by atoms with Crippen LogP contribution < -0.4 is 10.6 Å². The molecular weight excluding hydrogens is 392 g/mol. The lowest BCUT2D eigenvalue weighted by Crippen LogP contribution is -2.38. The van der Waals surface area contributed by atoms with Crippen LogP contribution in [0, 0.1) is 5.92 Å². The number of nitrogens with two attached hydrogens (primary N) is 1. The second-order valence-corrected chi connectivity index (χ2v) is 9.02. The number of amides is 2. The lowest BCUT2D eigenvalue weighted by molar-refractivity contribution is -0.120. The second kappa shape index (κ2) is 9.35. The highest BCUT2D eigenvalue weighted by Crippen LogP contribution is 2.42. The zero-order chi connectivity index (χ0) is 21.7. The number of hydrogen-bond donors (Lipinski definition) is 1. The minimum absolute atomic E-state index is 0.0170. The van der Waals surface area contributed by atoms with E-state index in [0.29, 0.717) is 12.1 Å². The molecule has 2 atom stereocenters. The summed E-state index contributed by atoms with van der Waals surface area (Å²) in [4.78, 5) is 27.9. The van der Waals surface area contributed by atoms with Crippen LogP contribution in [-0.4, -0.2) is 23.1 Å². The van der Waals surface area contributed by atoms with Gasteiger partial charge in [0.1, 0.15) is 0 Å². The van der Waals surface area contributed by atoms with Gasteiger partial charge in [0, 0.05) is 22.7 Å². The predicted octanol–water partition coefficient (Wildman–Crippen LogP) is 4.99. The predicted molar refractivity (Wildman–Crippen MR) is 125 cm³/mol. The Labute approximate surface area is 182 Å². The van der Waals surface area contributed by atoms with Gasteiger partial charge < -0.3 is 10.6 Å². The van der Waals surface area contributed by atoms with E-state index in [1.54, 1.807) is 11.8 Å². The Balaban J connectivity index is 1.81. The van der Waals surface area contributed by atoms with Crippen molar-refractivity contribution in [3.63, 3.8) is 0 Å². The van der Waals surface area contributed by atoms with Crippen molar-refractivity contribution in [2.75, 3.05) is 11.4 Å². The molecule has 1 aliphatic rings. The van der Waals surface area contributed by atoms with Crippen LogP contribution in [-0.2, 0) is 11.2 Å². The number of anilines is 1. The summed E-state index contributed by atoms with van der Waals surface area (Å²) in [5.41, 5.74) is 8.36. The van der Waals surface area contributed by atoms with E-state index in [-0.39, 0.29) is 17.7 Å². The average Bonchev–Trinajstić information content (AvgIpc) is 2.75. The number of nitrogens with zero attached hydrogens (tertiary/aromatic N) is 1. The minimum atomic E-state index is -0.457. The lowest BCUT2D eigenvalue weighted by atomic mass is 9.88. The molecule has 1 aliphatic carbocycles. The summed E-state index contributed by atoms with van der Waals surface area (Å²) in [5.74, 6) is -0.739.